The molecule has 100 valence electrons. The summed E-state index contributed by atoms with van der Waals surface area (Å²) in [7, 11) is 0. The number of hydrogen-bond acceptors (Lipinski definition) is 6. The van der Waals surface area contributed by atoms with Gasteiger partial charge in [-0.15, -0.1) is 0 Å². The molecule has 1 saturated heterocycles. The van der Waals surface area contributed by atoms with Gasteiger partial charge in [0.25, 0.3) is 0 Å². The molecule has 0 radical (unpaired) electrons. The number of aromatic nitrogens is 2. The number of alkyl halides is 1. The summed E-state index contributed by atoms with van der Waals surface area (Å²) < 4.78 is 19.8. The lowest BCUT2D eigenvalue weighted by atomic mass is 10.1. The van der Waals surface area contributed by atoms with E-state index in [1.165, 1.54) is 6.20 Å². The second-order valence-electron chi connectivity index (χ2n) is 4.18. The molecular weight excluding hydrogens is 244 g/mol. The molecule has 0 bridgehead atoms. The first-order chi connectivity index (χ1) is 8.45. The number of nitrogens with two attached hydrogens (primary N) is 1. The number of aryl methyl sites for hydroxylation is 1. The van der Waals surface area contributed by atoms with Crippen molar-refractivity contribution in [2.45, 2.75) is 31.5 Å². The average Bonchev–Trinajstić information content (AvgIpc) is 2.61. The fraction of sp³-hybridized carbons (Fsp3) is 0.600. The van der Waals surface area contributed by atoms with Crippen molar-refractivity contribution >= 4 is 5.82 Å². The summed E-state index contributed by atoms with van der Waals surface area (Å²) in [5, 5.41) is 18.4. The minimum Gasteiger partial charge on any atom is -0.394 e. The topological polar surface area (TPSA) is 111 Å². The van der Waals surface area contributed by atoms with Crippen LogP contribution in [-0.4, -0.2) is 44.8 Å². The minimum absolute atomic E-state index is 0.0592. The molecule has 0 spiro atoms. The quantitative estimate of drug-likeness (QED) is 0.609. The smallest absolute Gasteiger partial charge is 0.351 e. The molecule has 0 aromatic carbocycles. The van der Waals surface area contributed by atoms with E-state index in [0.717, 1.165) is 4.57 Å². The Labute approximate surface area is 102 Å². The van der Waals surface area contributed by atoms with Crippen molar-refractivity contribution in [2.24, 2.45) is 0 Å². The van der Waals surface area contributed by atoms with Crippen LogP contribution in [0, 0.1) is 6.92 Å². The van der Waals surface area contributed by atoms with Crippen LogP contribution in [0.4, 0.5) is 10.2 Å². The molecule has 1 fully saturated rings. The van der Waals surface area contributed by atoms with Crippen molar-refractivity contribution in [3.8, 4) is 0 Å². The number of anilines is 1. The molecule has 4 atom stereocenters. The van der Waals surface area contributed by atoms with Crippen molar-refractivity contribution in [2.75, 3.05) is 12.3 Å². The Kier molecular flexibility index (Phi) is 3.33. The molecule has 7 nitrogen and oxygen atoms in total. The van der Waals surface area contributed by atoms with Gasteiger partial charge in [-0.1, -0.05) is 0 Å². The normalized spacial score (nSPS) is 31.8. The summed E-state index contributed by atoms with van der Waals surface area (Å²) in [4.78, 5) is 15.1. The van der Waals surface area contributed by atoms with E-state index < -0.39 is 36.9 Å². The summed E-state index contributed by atoms with van der Waals surface area (Å²) in [5.41, 5.74) is 5.18. The lowest BCUT2D eigenvalue weighted by molar-refractivity contribution is -0.0491. The van der Waals surface area contributed by atoms with Gasteiger partial charge < -0.3 is 20.7 Å². The van der Waals surface area contributed by atoms with Gasteiger partial charge in [0.05, 0.1) is 6.61 Å². The number of aliphatic hydroxyl groups excluding tert-OH is 2. The maximum absolute atomic E-state index is 13.8. The summed E-state index contributed by atoms with van der Waals surface area (Å²) in [6.45, 7) is 1.08. The van der Waals surface area contributed by atoms with Gasteiger partial charge >= 0.3 is 5.69 Å². The molecular formula is C10H14FN3O4. The van der Waals surface area contributed by atoms with Gasteiger partial charge in [-0.2, -0.15) is 4.98 Å². The predicted octanol–water partition coefficient (Wildman–Crippen LogP) is -1.28. The van der Waals surface area contributed by atoms with Crippen LogP contribution in [0.2, 0.25) is 0 Å². The van der Waals surface area contributed by atoms with Gasteiger partial charge in [0.15, 0.2) is 12.4 Å². The van der Waals surface area contributed by atoms with Crippen LogP contribution in [0.3, 0.4) is 0 Å². The van der Waals surface area contributed by atoms with Crippen LogP contribution in [0.15, 0.2) is 11.0 Å². The van der Waals surface area contributed by atoms with E-state index in [1.54, 1.807) is 6.92 Å². The zero-order chi connectivity index (χ0) is 13.4. The molecule has 8 heteroatoms. The first-order valence-electron chi connectivity index (χ1n) is 5.39. The Morgan fingerprint density at radius 1 is 1.67 bits per heavy atom. The van der Waals surface area contributed by atoms with Crippen LogP contribution >= 0.6 is 0 Å². The fourth-order valence-corrected chi connectivity index (χ4v) is 1.84. The highest BCUT2D eigenvalue weighted by Crippen LogP contribution is 2.30. The summed E-state index contributed by atoms with van der Waals surface area (Å²) in [5.74, 6) is 0.0592. The van der Waals surface area contributed by atoms with Crippen molar-refractivity contribution in [1.82, 2.24) is 9.55 Å². The molecule has 4 N–H and O–H groups in total. The highest BCUT2D eigenvalue weighted by molar-refractivity contribution is 5.35. The Bertz CT molecular complexity index is 506. The van der Waals surface area contributed by atoms with Crippen molar-refractivity contribution in [3.63, 3.8) is 0 Å². The van der Waals surface area contributed by atoms with E-state index in [2.05, 4.69) is 4.98 Å². The summed E-state index contributed by atoms with van der Waals surface area (Å²) in [6.07, 6.45) is -4.35. The van der Waals surface area contributed by atoms with E-state index in [4.69, 9.17) is 15.6 Å². The van der Waals surface area contributed by atoms with Crippen LogP contribution < -0.4 is 11.4 Å². The molecule has 2 heterocycles. The molecule has 1 aromatic rings. The van der Waals surface area contributed by atoms with E-state index in [-0.39, 0.29) is 5.82 Å². The first kappa shape index (κ1) is 12.9. The van der Waals surface area contributed by atoms with Crippen LogP contribution in [0.25, 0.3) is 0 Å². The Hall–Kier alpha value is -1.51. The van der Waals surface area contributed by atoms with Gasteiger partial charge in [0.1, 0.15) is 18.0 Å². The first-order valence-corrected chi connectivity index (χ1v) is 5.39. The average molecular weight is 258 g/mol. The Balaban J connectivity index is 2.39. The van der Waals surface area contributed by atoms with Gasteiger partial charge in [-0.25, -0.2) is 9.18 Å². The van der Waals surface area contributed by atoms with Crippen molar-refractivity contribution in [1.29, 1.82) is 0 Å². The third-order valence-electron chi connectivity index (χ3n) is 2.92. The number of ether oxygens (including phenoxy) is 1. The molecule has 0 aliphatic carbocycles. The van der Waals surface area contributed by atoms with Crippen molar-refractivity contribution < 1.29 is 19.3 Å². The Morgan fingerprint density at radius 2 is 2.33 bits per heavy atom. The molecule has 1 aliphatic rings. The van der Waals surface area contributed by atoms with Crippen LogP contribution in [-0.2, 0) is 4.74 Å². The molecule has 18 heavy (non-hydrogen) atoms. The summed E-state index contributed by atoms with van der Waals surface area (Å²) >= 11 is 0. The third-order valence-corrected chi connectivity index (χ3v) is 2.92. The van der Waals surface area contributed by atoms with E-state index in [1.807, 2.05) is 0 Å². The van der Waals surface area contributed by atoms with Crippen LogP contribution in [0.1, 0.15) is 11.8 Å². The number of nitrogens with zero attached hydrogens (tertiary/aromatic N) is 2. The third kappa shape index (κ3) is 1.98. The zero-order valence-corrected chi connectivity index (χ0v) is 9.65. The van der Waals surface area contributed by atoms with Gasteiger partial charge in [0, 0.05) is 11.8 Å². The largest absolute Gasteiger partial charge is 0.394 e. The molecule has 1 unspecified atom stereocenters. The zero-order valence-electron chi connectivity index (χ0n) is 9.65. The van der Waals surface area contributed by atoms with Gasteiger partial charge in [0.2, 0.25) is 0 Å². The number of nitrogen functional groups attached to an aromatic ring is 1. The molecule has 1 aliphatic heterocycles. The van der Waals surface area contributed by atoms with E-state index in [0.29, 0.717) is 5.56 Å². The predicted molar refractivity (Wildman–Crippen MR) is 59.5 cm³/mol. The monoisotopic (exact) mass is 258 g/mol. The van der Waals surface area contributed by atoms with Gasteiger partial charge in [-0.05, 0) is 6.92 Å². The standard InChI is InChI=1S/C10H14FN3O4/c1-4-2-14(10(17)13-8(4)12)9-6(11)7(16)5(3-15)18-9/h2,5-7,9,15-16H,3H2,1H3,(H2,12,13,17)/t5-,6+,7?,9-/m1/s1/i11-1. The number of halogens is 1. The highest BCUT2D eigenvalue weighted by Gasteiger charge is 2.45. The van der Waals surface area contributed by atoms with E-state index in [9.17, 15) is 14.3 Å². The Morgan fingerprint density at radius 3 is 2.89 bits per heavy atom. The van der Waals surface area contributed by atoms with Gasteiger partial charge in [-0.3, -0.25) is 4.57 Å². The summed E-state index contributed by atoms with van der Waals surface area (Å²) in [6, 6.07) is 0. The van der Waals surface area contributed by atoms with E-state index >= 15 is 0 Å². The number of aliphatic hydroxyl groups is 2. The number of rotatable bonds is 2. The van der Waals surface area contributed by atoms with Crippen molar-refractivity contribution in [3.05, 3.63) is 22.2 Å². The highest BCUT2D eigenvalue weighted by atomic mass is 18.2. The second kappa shape index (κ2) is 4.63. The molecule has 1 aromatic heterocycles. The molecule has 0 amide bonds. The fourth-order valence-electron chi connectivity index (χ4n) is 1.84. The molecule has 0 saturated carbocycles. The maximum Gasteiger partial charge on any atom is 0.351 e. The minimum atomic E-state index is -1.82. The maximum atomic E-state index is 13.8. The SMILES string of the molecule is Cc1cn([C@@H]2O[C@H](CO)C(O)[C@@H]2[18F])c(=O)nc1N. The second-order valence-corrected chi connectivity index (χ2v) is 4.18. The lowest BCUT2D eigenvalue weighted by Crippen LogP contribution is -2.34. The number of hydrogen-bond donors (Lipinski definition) is 3. The lowest BCUT2D eigenvalue weighted by Gasteiger charge is -2.16. The van der Waals surface area contributed by atoms with Crippen LogP contribution in [0.5, 0.6) is 0 Å². The molecule has 2 rings (SSSR count).